The maximum absolute atomic E-state index is 4.26. The highest BCUT2D eigenvalue weighted by molar-refractivity contribution is 5.71. The van der Waals surface area contributed by atoms with Gasteiger partial charge in [0.2, 0.25) is 0 Å². The lowest BCUT2D eigenvalue weighted by molar-refractivity contribution is 0.878. The van der Waals surface area contributed by atoms with E-state index in [4.69, 9.17) is 0 Å². The van der Waals surface area contributed by atoms with Gasteiger partial charge in [0.25, 0.3) is 0 Å². The number of rotatable bonds is 1. The molecule has 0 radical (unpaired) electrons. The first-order valence-corrected chi connectivity index (χ1v) is 3.83. The second kappa shape index (κ2) is 2.81. The van der Waals surface area contributed by atoms with E-state index in [1.165, 1.54) is 0 Å². The van der Waals surface area contributed by atoms with Gasteiger partial charge in [-0.25, -0.2) is 4.98 Å². The minimum atomic E-state index is 0.760. The van der Waals surface area contributed by atoms with Crippen LogP contribution in [0.1, 0.15) is 12.7 Å². The first-order chi connectivity index (χ1) is 5.90. The first-order valence-electron chi connectivity index (χ1n) is 3.83. The van der Waals surface area contributed by atoms with E-state index in [2.05, 4.69) is 20.2 Å². The summed E-state index contributed by atoms with van der Waals surface area (Å²) in [5.41, 5.74) is 1.60. The molecule has 12 heavy (non-hydrogen) atoms. The third-order valence-corrected chi connectivity index (χ3v) is 1.62. The van der Waals surface area contributed by atoms with E-state index in [-0.39, 0.29) is 0 Å². The summed E-state index contributed by atoms with van der Waals surface area (Å²) in [6.45, 7) is 2.00. The number of hydrogen-bond acceptors (Lipinski definition) is 4. The van der Waals surface area contributed by atoms with Crippen LogP contribution >= 0.6 is 0 Å². The Labute approximate surface area is 69.7 Å². The summed E-state index contributed by atoms with van der Waals surface area (Å²) >= 11 is 0. The summed E-state index contributed by atoms with van der Waals surface area (Å²) in [7, 11) is 0. The Bertz CT molecular complexity index is 399. The standard InChI is InChI=1S/C8H8N4/c1-2-8-10-7-5-9-4-3-6(7)11-12-8/h3-5H,2H2,1H3. The predicted octanol–water partition coefficient (Wildman–Crippen LogP) is 0.982. The molecule has 0 fully saturated rings. The summed E-state index contributed by atoms with van der Waals surface area (Å²) in [6.07, 6.45) is 4.19. The number of nitrogens with zero attached hydrogens (tertiary/aromatic N) is 4. The fourth-order valence-corrected chi connectivity index (χ4v) is 0.972. The maximum atomic E-state index is 4.26. The summed E-state index contributed by atoms with van der Waals surface area (Å²) in [4.78, 5) is 8.22. The molecule has 2 aromatic rings. The van der Waals surface area contributed by atoms with Gasteiger partial charge in [0.05, 0.1) is 6.20 Å². The van der Waals surface area contributed by atoms with Crippen LogP contribution < -0.4 is 0 Å². The highest BCUT2D eigenvalue weighted by Gasteiger charge is 1.97. The minimum absolute atomic E-state index is 0.760. The van der Waals surface area contributed by atoms with Crippen LogP contribution in [-0.4, -0.2) is 20.2 Å². The van der Waals surface area contributed by atoms with Gasteiger partial charge < -0.3 is 0 Å². The van der Waals surface area contributed by atoms with Crippen LogP contribution in [0.3, 0.4) is 0 Å². The molecule has 60 valence electrons. The molecule has 0 aliphatic rings. The third kappa shape index (κ3) is 1.11. The summed E-state index contributed by atoms with van der Waals surface area (Å²) in [6, 6.07) is 1.80. The highest BCUT2D eigenvalue weighted by atomic mass is 15.1. The van der Waals surface area contributed by atoms with Crippen LogP contribution in [-0.2, 0) is 6.42 Å². The van der Waals surface area contributed by atoms with Gasteiger partial charge in [0, 0.05) is 12.6 Å². The average Bonchev–Trinajstić information content (AvgIpc) is 2.17. The van der Waals surface area contributed by atoms with Gasteiger partial charge in [-0.05, 0) is 6.07 Å². The van der Waals surface area contributed by atoms with Crippen LogP contribution in [0.25, 0.3) is 11.0 Å². The molecule has 2 aromatic heterocycles. The molecule has 0 saturated heterocycles. The van der Waals surface area contributed by atoms with E-state index in [1.54, 1.807) is 18.5 Å². The molecule has 0 amide bonds. The fourth-order valence-electron chi connectivity index (χ4n) is 0.972. The monoisotopic (exact) mass is 160 g/mol. The zero-order valence-electron chi connectivity index (χ0n) is 6.73. The van der Waals surface area contributed by atoms with Crippen molar-refractivity contribution >= 4 is 11.0 Å². The van der Waals surface area contributed by atoms with E-state index in [9.17, 15) is 0 Å². The Hall–Kier alpha value is -1.58. The number of pyridine rings is 1. The number of hydrogen-bond donors (Lipinski definition) is 0. The molecule has 0 aromatic carbocycles. The number of aromatic nitrogens is 4. The summed E-state index contributed by atoms with van der Waals surface area (Å²) < 4.78 is 0. The maximum Gasteiger partial charge on any atom is 0.151 e. The predicted molar refractivity (Wildman–Crippen MR) is 44.5 cm³/mol. The van der Waals surface area contributed by atoms with Crippen molar-refractivity contribution < 1.29 is 0 Å². The lowest BCUT2D eigenvalue weighted by Gasteiger charge is -1.95. The second-order valence-electron chi connectivity index (χ2n) is 2.45. The fraction of sp³-hybridized carbons (Fsp3) is 0.250. The molecular weight excluding hydrogens is 152 g/mol. The van der Waals surface area contributed by atoms with Crippen LogP contribution in [0.4, 0.5) is 0 Å². The average molecular weight is 160 g/mol. The van der Waals surface area contributed by atoms with E-state index in [0.717, 1.165) is 23.3 Å². The zero-order chi connectivity index (χ0) is 8.39. The Morgan fingerprint density at radius 3 is 3.00 bits per heavy atom. The molecule has 0 aliphatic heterocycles. The van der Waals surface area contributed by atoms with Crippen molar-refractivity contribution in [3.8, 4) is 0 Å². The zero-order valence-corrected chi connectivity index (χ0v) is 6.73. The molecule has 0 unspecified atom stereocenters. The van der Waals surface area contributed by atoms with E-state index < -0.39 is 0 Å². The van der Waals surface area contributed by atoms with Gasteiger partial charge in [0.15, 0.2) is 5.82 Å². The third-order valence-electron chi connectivity index (χ3n) is 1.62. The molecular formula is C8H8N4. The van der Waals surface area contributed by atoms with Crippen LogP contribution in [0.5, 0.6) is 0 Å². The number of aryl methyl sites for hydroxylation is 1. The van der Waals surface area contributed by atoms with Crippen molar-refractivity contribution in [3.05, 3.63) is 24.3 Å². The topological polar surface area (TPSA) is 51.6 Å². The first kappa shape index (κ1) is 7.09. The van der Waals surface area contributed by atoms with Gasteiger partial charge in [-0.3, -0.25) is 4.98 Å². The smallest absolute Gasteiger partial charge is 0.151 e. The van der Waals surface area contributed by atoms with Crippen molar-refractivity contribution in [1.82, 2.24) is 20.2 Å². The lowest BCUT2D eigenvalue weighted by Crippen LogP contribution is -1.96. The van der Waals surface area contributed by atoms with Crippen molar-refractivity contribution in [2.75, 3.05) is 0 Å². The number of fused-ring (bicyclic) bond motifs is 1. The van der Waals surface area contributed by atoms with Gasteiger partial charge >= 0.3 is 0 Å². The molecule has 2 heterocycles. The van der Waals surface area contributed by atoms with Gasteiger partial charge in [-0.1, -0.05) is 6.92 Å². The van der Waals surface area contributed by atoms with Crippen LogP contribution in [0.15, 0.2) is 18.5 Å². The molecule has 2 rings (SSSR count). The summed E-state index contributed by atoms with van der Waals surface area (Å²) in [5, 5.41) is 7.94. The van der Waals surface area contributed by atoms with E-state index in [1.807, 2.05) is 6.92 Å². The van der Waals surface area contributed by atoms with Crippen molar-refractivity contribution in [2.24, 2.45) is 0 Å². The summed E-state index contributed by atoms with van der Waals surface area (Å²) in [5.74, 6) is 0.760. The lowest BCUT2D eigenvalue weighted by atomic mass is 10.4. The van der Waals surface area contributed by atoms with E-state index in [0.29, 0.717) is 0 Å². The Morgan fingerprint density at radius 1 is 1.25 bits per heavy atom. The quantitative estimate of drug-likeness (QED) is 0.624. The Morgan fingerprint density at radius 2 is 2.17 bits per heavy atom. The second-order valence-corrected chi connectivity index (χ2v) is 2.45. The largest absolute Gasteiger partial charge is 0.262 e. The molecule has 4 heteroatoms. The van der Waals surface area contributed by atoms with Crippen molar-refractivity contribution in [3.63, 3.8) is 0 Å². The van der Waals surface area contributed by atoms with Gasteiger partial charge in [0.1, 0.15) is 11.0 Å². The molecule has 0 aliphatic carbocycles. The highest BCUT2D eigenvalue weighted by Crippen LogP contribution is 2.04. The molecule has 0 atom stereocenters. The van der Waals surface area contributed by atoms with Crippen LogP contribution in [0, 0.1) is 0 Å². The van der Waals surface area contributed by atoms with Crippen LogP contribution in [0.2, 0.25) is 0 Å². The molecule has 0 saturated carbocycles. The molecule has 0 spiro atoms. The normalized spacial score (nSPS) is 10.4. The molecule has 0 N–H and O–H groups in total. The molecule has 4 nitrogen and oxygen atoms in total. The SMILES string of the molecule is CCc1nnc2ccncc2n1. The van der Waals surface area contributed by atoms with Gasteiger partial charge in [-0.2, -0.15) is 0 Å². The molecule has 0 bridgehead atoms. The van der Waals surface area contributed by atoms with Crippen molar-refractivity contribution in [2.45, 2.75) is 13.3 Å². The Kier molecular flexibility index (Phi) is 1.66. The van der Waals surface area contributed by atoms with Gasteiger partial charge in [-0.15, -0.1) is 10.2 Å². The Balaban J connectivity index is 2.67. The van der Waals surface area contributed by atoms with E-state index >= 15 is 0 Å². The van der Waals surface area contributed by atoms with Crippen molar-refractivity contribution in [1.29, 1.82) is 0 Å². The minimum Gasteiger partial charge on any atom is -0.262 e.